The number of carbonyl (C=O) groups is 4. The molecule has 2 aliphatic heterocycles. The fourth-order valence-corrected chi connectivity index (χ4v) is 9.12. The summed E-state index contributed by atoms with van der Waals surface area (Å²) >= 11 is 27.4. The van der Waals surface area contributed by atoms with E-state index in [1.807, 2.05) is 0 Å². The maximum absolute atomic E-state index is 14.4. The lowest BCUT2D eigenvalue weighted by Crippen LogP contribution is -2.60. The first-order valence-corrected chi connectivity index (χ1v) is 16.5. The second-order valence-electron chi connectivity index (χ2n) is 12.5. The highest BCUT2D eigenvalue weighted by Crippen LogP contribution is 2.66. The molecule has 4 amide bonds. The molecule has 7 rings (SSSR count). The Morgan fingerprint density at radius 1 is 0.920 bits per heavy atom. The number of aromatic nitrogens is 1. The summed E-state index contributed by atoms with van der Waals surface area (Å²) in [6.07, 6.45) is -3.71. The molecule has 260 valence electrons. The van der Waals surface area contributed by atoms with Gasteiger partial charge in [-0.3, -0.25) is 24.2 Å². The van der Waals surface area contributed by atoms with Gasteiger partial charge in [0.2, 0.25) is 0 Å². The van der Waals surface area contributed by atoms with Gasteiger partial charge in [0.15, 0.2) is 15.6 Å². The minimum absolute atomic E-state index is 0.0217. The zero-order chi connectivity index (χ0) is 36.2. The van der Waals surface area contributed by atoms with E-state index in [9.17, 15) is 41.8 Å². The topological polar surface area (TPSA) is 111 Å². The van der Waals surface area contributed by atoms with Crippen LogP contribution in [-0.2, 0) is 25.4 Å². The summed E-state index contributed by atoms with van der Waals surface area (Å²) < 4.78 is 54.5. The van der Waals surface area contributed by atoms with Crippen LogP contribution in [0.5, 0.6) is 5.75 Å². The third kappa shape index (κ3) is 4.76. The Morgan fingerprint density at radius 3 is 2.24 bits per heavy atom. The number of pyridine rings is 1. The smallest absolute Gasteiger partial charge is 0.433 e. The van der Waals surface area contributed by atoms with E-state index < -0.39 is 87.0 Å². The summed E-state index contributed by atoms with van der Waals surface area (Å²) in [4.78, 5) is 56.7. The number of hydrogen-bond donors (Lipinski definition) is 1. The van der Waals surface area contributed by atoms with E-state index in [1.165, 1.54) is 37.4 Å². The minimum Gasteiger partial charge on any atom is -0.508 e. The minimum atomic E-state index is -4.85. The molecule has 3 aromatic rings. The number of aromatic hydroxyl groups is 1. The van der Waals surface area contributed by atoms with Crippen molar-refractivity contribution in [2.75, 3.05) is 17.0 Å². The number of alkyl halides is 5. The van der Waals surface area contributed by atoms with Gasteiger partial charge in [-0.1, -0.05) is 40.9 Å². The van der Waals surface area contributed by atoms with Crippen LogP contribution in [0.1, 0.15) is 30.0 Å². The molecule has 2 saturated heterocycles. The summed E-state index contributed by atoms with van der Waals surface area (Å²) in [6, 6.07) is 9.99. The third-order valence-electron chi connectivity index (χ3n) is 9.89. The number of anilines is 2. The molecule has 2 aliphatic carbocycles. The molecule has 3 fully saturated rings. The molecule has 0 spiro atoms. The lowest BCUT2D eigenvalue weighted by molar-refractivity contribution is -0.141. The molecular weight excluding hydrogens is 750 g/mol. The van der Waals surface area contributed by atoms with Crippen LogP contribution in [0.15, 0.2) is 66.2 Å². The Bertz CT molecular complexity index is 2050. The number of allylic oxidation sites excluding steroid dienone is 2. The first-order chi connectivity index (χ1) is 23.4. The van der Waals surface area contributed by atoms with Gasteiger partial charge in [0.05, 0.1) is 22.5 Å². The summed E-state index contributed by atoms with van der Waals surface area (Å²) in [5.74, 6) is -9.43. The highest BCUT2D eigenvalue weighted by molar-refractivity contribution is 6.58. The number of phenolic OH excluding ortho intramolecular Hbond substituents is 1. The van der Waals surface area contributed by atoms with Crippen LogP contribution >= 0.6 is 46.4 Å². The largest absolute Gasteiger partial charge is 0.508 e. The number of halogens is 8. The van der Waals surface area contributed by atoms with Crippen molar-refractivity contribution in [2.24, 2.45) is 17.8 Å². The van der Waals surface area contributed by atoms with E-state index in [0.29, 0.717) is 16.6 Å². The van der Waals surface area contributed by atoms with Gasteiger partial charge in [-0.25, -0.2) is 14.3 Å². The number of amides is 4. The van der Waals surface area contributed by atoms with Crippen LogP contribution < -0.4 is 9.91 Å². The van der Waals surface area contributed by atoms with Crippen molar-refractivity contribution in [1.29, 1.82) is 0 Å². The Hall–Kier alpha value is -3.91. The molecule has 17 heteroatoms. The Balaban J connectivity index is 1.35. The van der Waals surface area contributed by atoms with Crippen molar-refractivity contribution >= 4 is 81.5 Å². The molecule has 0 bridgehead atoms. The highest BCUT2D eigenvalue weighted by atomic mass is 35.5. The van der Waals surface area contributed by atoms with Crippen LogP contribution in [0.3, 0.4) is 0 Å². The first kappa shape index (κ1) is 34.5. The lowest BCUT2D eigenvalue weighted by Gasteiger charge is -2.50. The molecule has 1 N–H and O–H groups in total. The fourth-order valence-electron chi connectivity index (χ4n) is 7.68. The summed E-state index contributed by atoms with van der Waals surface area (Å²) in [5.41, 5.74) is -0.769. The predicted molar refractivity (Wildman–Crippen MR) is 174 cm³/mol. The van der Waals surface area contributed by atoms with Gasteiger partial charge in [-0.05, 0) is 72.9 Å². The summed E-state index contributed by atoms with van der Waals surface area (Å²) in [6.45, 7) is 0. The number of phenols is 1. The Kier molecular flexibility index (Phi) is 7.98. The molecule has 50 heavy (non-hydrogen) atoms. The fraction of sp³-hybridized carbons (Fsp3) is 0.303. The molecule has 0 radical (unpaired) electrons. The average molecular weight is 772 g/mol. The van der Waals surface area contributed by atoms with E-state index in [-0.39, 0.29) is 33.5 Å². The number of fused-ring (bicyclic) bond motifs is 4. The summed E-state index contributed by atoms with van der Waals surface area (Å²) in [7, 11) is 1.17. The lowest BCUT2D eigenvalue weighted by atomic mass is 9.56. The molecule has 2 aromatic carbocycles. The molecule has 9 nitrogen and oxygen atoms in total. The number of hydrazine groups is 1. The first-order valence-electron chi connectivity index (χ1n) is 15.0. The van der Waals surface area contributed by atoms with E-state index in [0.717, 1.165) is 28.1 Å². The maximum atomic E-state index is 14.4. The maximum Gasteiger partial charge on any atom is 0.433 e. The zero-order valence-corrected chi connectivity index (χ0v) is 28.4. The van der Waals surface area contributed by atoms with Gasteiger partial charge in [0.1, 0.15) is 17.3 Å². The number of hydrogen-bond acceptors (Lipinski definition) is 7. The van der Waals surface area contributed by atoms with Crippen molar-refractivity contribution in [2.45, 2.75) is 34.7 Å². The van der Waals surface area contributed by atoms with Crippen molar-refractivity contribution in [3.8, 4) is 5.75 Å². The van der Waals surface area contributed by atoms with Gasteiger partial charge in [0.25, 0.3) is 23.6 Å². The van der Waals surface area contributed by atoms with Crippen molar-refractivity contribution in [3.63, 3.8) is 0 Å². The number of imide groups is 2. The summed E-state index contributed by atoms with van der Waals surface area (Å²) in [5, 5.41) is 11.3. The molecule has 1 saturated carbocycles. The van der Waals surface area contributed by atoms with E-state index >= 15 is 0 Å². The van der Waals surface area contributed by atoms with Crippen LogP contribution in [0.2, 0.25) is 10.0 Å². The third-order valence-corrected chi connectivity index (χ3v) is 11.9. The predicted octanol–water partition coefficient (Wildman–Crippen LogP) is 6.87. The van der Waals surface area contributed by atoms with E-state index in [4.69, 9.17) is 46.4 Å². The van der Waals surface area contributed by atoms with Crippen molar-refractivity contribution < 1.29 is 41.8 Å². The van der Waals surface area contributed by atoms with Crippen LogP contribution in [-0.4, -0.2) is 55.5 Å². The van der Waals surface area contributed by atoms with Gasteiger partial charge >= 0.3 is 6.18 Å². The van der Waals surface area contributed by atoms with Crippen LogP contribution in [0.25, 0.3) is 0 Å². The second kappa shape index (κ2) is 11.6. The van der Waals surface area contributed by atoms with Crippen LogP contribution in [0, 0.1) is 23.6 Å². The van der Waals surface area contributed by atoms with E-state index in [2.05, 4.69) is 4.98 Å². The van der Waals surface area contributed by atoms with Crippen LogP contribution in [0.4, 0.5) is 29.1 Å². The van der Waals surface area contributed by atoms with Crippen molar-refractivity contribution in [1.82, 2.24) is 9.99 Å². The number of benzene rings is 2. The average Bonchev–Trinajstić information content (AvgIpc) is 3.39. The molecule has 6 atom stereocenters. The Morgan fingerprint density at radius 2 is 1.60 bits per heavy atom. The SMILES string of the molecule is CN(c1nc(C(F)(F)F)ccc1Cl)N1C(=O)C2CC=C3C(CC4(Cl)C(=O)N(c5ccc(F)cc5)C(=O)C4(Cl)C3c3ccc(O)cc3Cl)C2C1=O. The molecule has 4 aliphatic rings. The molecular formula is C33H22Cl4F4N4O5. The van der Waals surface area contributed by atoms with Gasteiger partial charge in [0, 0.05) is 18.0 Å². The van der Waals surface area contributed by atoms with Gasteiger partial charge in [-0.15, -0.1) is 23.2 Å². The quantitative estimate of drug-likeness (QED) is 0.134. The number of carbonyl (C=O) groups excluding carboxylic acids is 4. The molecule has 3 heterocycles. The number of rotatable bonds is 4. The molecule has 6 unspecified atom stereocenters. The van der Waals surface area contributed by atoms with E-state index in [1.54, 1.807) is 6.08 Å². The number of nitrogens with zero attached hydrogens (tertiary/aromatic N) is 4. The van der Waals surface area contributed by atoms with Gasteiger partial charge in [-0.2, -0.15) is 18.2 Å². The van der Waals surface area contributed by atoms with Crippen molar-refractivity contribution in [3.05, 3.63) is 93.4 Å². The van der Waals surface area contributed by atoms with Gasteiger partial charge < -0.3 is 5.11 Å². The Labute approximate surface area is 300 Å². The highest BCUT2D eigenvalue weighted by Gasteiger charge is 2.77. The molecule has 1 aromatic heterocycles. The standard InChI is InChI=1S/C33H22Cl4F4N4O5/c1-43(26-21(34)10-11-23(42-26)33(39,40)41)45-27(47)19-9-8-17-20(24(19)28(45)48)13-31(36)29(49)44(15-4-2-14(38)3-5-15)30(50)32(31,37)25(17)18-7-6-16(46)12-22(18)35/h2-8,10-12,19-20,24-25,46H,9,13H2,1H3. The monoisotopic (exact) mass is 770 g/mol. The second-order valence-corrected chi connectivity index (χ2v) is 14.5. The zero-order valence-electron chi connectivity index (χ0n) is 25.4. The normalized spacial score (nSPS) is 29.2.